The molecule has 0 fully saturated rings. The molecule has 0 aliphatic carbocycles. The molecule has 0 atom stereocenters. The first-order valence-corrected chi connectivity index (χ1v) is 12.0. The third-order valence-electron chi connectivity index (χ3n) is 7.26. The lowest BCUT2D eigenvalue weighted by Crippen LogP contribution is -2.05. The van der Waals surface area contributed by atoms with Crippen LogP contribution in [0.25, 0.3) is 66.2 Å². The van der Waals surface area contributed by atoms with E-state index in [4.69, 9.17) is 4.98 Å². The van der Waals surface area contributed by atoms with Crippen LogP contribution in [0.4, 0.5) is 0 Å². The predicted octanol–water partition coefficient (Wildman–Crippen LogP) is 7.20. The average molecular weight is 462 g/mol. The summed E-state index contributed by atoms with van der Waals surface area (Å²) in [5.41, 5.74) is 7.17. The lowest BCUT2D eigenvalue weighted by atomic mass is 10.1. The van der Waals surface area contributed by atoms with Gasteiger partial charge in [-0.3, -0.25) is 9.36 Å². The molecule has 0 saturated carbocycles. The quantitative estimate of drug-likeness (QED) is 0.255. The summed E-state index contributed by atoms with van der Waals surface area (Å²) in [4.78, 5) is 18.4. The van der Waals surface area contributed by atoms with Crippen LogP contribution in [0.1, 0.15) is 0 Å². The number of hydrogen-bond donors (Lipinski definition) is 0. The predicted molar refractivity (Wildman–Crippen MR) is 147 cm³/mol. The first-order chi connectivity index (χ1) is 17.8. The molecular formula is C32H19N3O. The number of nitrogens with zero attached hydrogens (tertiary/aromatic N) is 3. The zero-order chi connectivity index (χ0) is 23.8. The first-order valence-electron chi connectivity index (χ1n) is 12.0. The van der Waals surface area contributed by atoms with E-state index < -0.39 is 0 Å². The number of aromatic nitrogens is 3. The molecule has 3 heterocycles. The van der Waals surface area contributed by atoms with Gasteiger partial charge in [-0.1, -0.05) is 66.7 Å². The van der Waals surface area contributed by atoms with Gasteiger partial charge in [0.05, 0.1) is 27.6 Å². The molecule has 8 rings (SSSR count). The van der Waals surface area contributed by atoms with Crippen molar-refractivity contribution in [2.24, 2.45) is 0 Å². The smallest absolute Gasteiger partial charge is 0.197 e. The summed E-state index contributed by atoms with van der Waals surface area (Å²) in [7, 11) is 0. The normalized spacial score (nSPS) is 12.0. The minimum atomic E-state index is 0.0811. The van der Waals surface area contributed by atoms with E-state index in [9.17, 15) is 4.79 Å². The summed E-state index contributed by atoms with van der Waals surface area (Å²) in [6.07, 6.45) is 0. The maximum atomic E-state index is 13.3. The van der Waals surface area contributed by atoms with Gasteiger partial charge in [0.15, 0.2) is 5.43 Å². The molecule has 0 aliphatic heterocycles. The second-order valence-corrected chi connectivity index (χ2v) is 9.21. The zero-order valence-corrected chi connectivity index (χ0v) is 19.2. The Labute approximate surface area is 205 Å². The summed E-state index contributed by atoms with van der Waals surface area (Å²) in [5, 5.41) is 3.70. The maximum Gasteiger partial charge on any atom is 0.197 e. The van der Waals surface area contributed by atoms with Crippen molar-refractivity contribution in [2.75, 3.05) is 0 Å². The molecular weight excluding hydrogens is 442 g/mol. The second-order valence-electron chi connectivity index (χ2n) is 9.21. The largest absolute Gasteiger partial charge is 0.308 e. The van der Waals surface area contributed by atoms with Crippen LogP contribution in [0.15, 0.2) is 120 Å². The Bertz CT molecular complexity index is 2170. The number of rotatable bonds is 2. The molecule has 4 heteroatoms. The van der Waals surface area contributed by atoms with Crippen LogP contribution in [0.2, 0.25) is 0 Å². The van der Waals surface area contributed by atoms with Crippen molar-refractivity contribution in [3.8, 4) is 17.1 Å². The van der Waals surface area contributed by atoms with E-state index in [1.165, 1.54) is 0 Å². The van der Waals surface area contributed by atoms with E-state index in [2.05, 4.69) is 75.7 Å². The van der Waals surface area contributed by atoms with Gasteiger partial charge in [-0.15, -0.1) is 0 Å². The molecule has 0 amide bonds. The van der Waals surface area contributed by atoms with Gasteiger partial charge in [0.25, 0.3) is 0 Å². The molecule has 36 heavy (non-hydrogen) atoms. The van der Waals surface area contributed by atoms with Crippen molar-refractivity contribution in [3.05, 3.63) is 125 Å². The third kappa shape index (κ3) is 2.48. The Morgan fingerprint density at radius 3 is 2.17 bits per heavy atom. The highest BCUT2D eigenvalue weighted by atomic mass is 16.1. The topological polar surface area (TPSA) is 39.3 Å². The average Bonchev–Trinajstić information content (AvgIpc) is 3.49. The van der Waals surface area contributed by atoms with Crippen LogP contribution >= 0.6 is 0 Å². The molecule has 8 aromatic rings. The van der Waals surface area contributed by atoms with Crippen molar-refractivity contribution >= 4 is 49.1 Å². The first kappa shape index (κ1) is 19.4. The Balaban J connectivity index is 1.53. The summed E-state index contributed by atoms with van der Waals surface area (Å²) in [6.45, 7) is 0. The zero-order valence-electron chi connectivity index (χ0n) is 19.2. The fourth-order valence-corrected chi connectivity index (χ4v) is 5.70. The number of hydrogen-bond acceptors (Lipinski definition) is 2. The van der Waals surface area contributed by atoms with Crippen LogP contribution in [0.5, 0.6) is 0 Å². The molecule has 0 saturated heterocycles. The molecule has 168 valence electrons. The molecule has 5 aromatic carbocycles. The van der Waals surface area contributed by atoms with Gasteiger partial charge in [-0.2, -0.15) is 0 Å². The van der Waals surface area contributed by atoms with E-state index in [0.29, 0.717) is 0 Å². The second kappa shape index (κ2) is 7.03. The summed E-state index contributed by atoms with van der Waals surface area (Å²) >= 11 is 0. The highest BCUT2D eigenvalue weighted by Gasteiger charge is 2.19. The fourth-order valence-electron chi connectivity index (χ4n) is 5.70. The van der Waals surface area contributed by atoms with Crippen LogP contribution < -0.4 is 5.43 Å². The van der Waals surface area contributed by atoms with Crippen LogP contribution in [0, 0.1) is 0 Å². The van der Waals surface area contributed by atoms with Gasteiger partial charge < -0.3 is 4.40 Å². The SMILES string of the molecule is O=c1c2ccccc2n2c3cc(-c4nc5ccccc5n4-c4ccccc4)ccc3c3cccc1c32. The van der Waals surface area contributed by atoms with Gasteiger partial charge in [-0.05, 0) is 48.5 Å². The number of pyridine rings is 1. The third-order valence-corrected chi connectivity index (χ3v) is 7.26. The van der Waals surface area contributed by atoms with Gasteiger partial charge >= 0.3 is 0 Å². The summed E-state index contributed by atoms with van der Waals surface area (Å²) in [6, 6.07) is 39.0. The van der Waals surface area contributed by atoms with Gasteiger partial charge in [0.2, 0.25) is 0 Å². The highest BCUT2D eigenvalue weighted by Crippen LogP contribution is 2.36. The minimum Gasteiger partial charge on any atom is -0.308 e. The number of imidazole rings is 1. The lowest BCUT2D eigenvalue weighted by molar-refractivity contribution is 1.10. The van der Waals surface area contributed by atoms with E-state index in [1.807, 2.05) is 48.5 Å². The van der Waals surface area contributed by atoms with Crippen LogP contribution in [-0.2, 0) is 0 Å². The standard InChI is InChI=1S/C32H19N3O/c36-31-24-11-4-6-15-27(24)35-29-19-20(17-18-22(29)23-12-8-13-25(31)30(23)35)32-33-26-14-5-7-16-28(26)34(32)21-9-2-1-3-10-21/h1-19H. The van der Waals surface area contributed by atoms with Crippen molar-refractivity contribution in [3.63, 3.8) is 0 Å². The number of fused-ring (bicyclic) bond motifs is 6. The van der Waals surface area contributed by atoms with Crippen molar-refractivity contribution < 1.29 is 0 Å². The van der Waals surface area contributed by atoms with Gasteiger partial charge in [-0.25, -0.2) is 4.98 Å². The Hall–Kier alpha value is -4.96. The number of benzene rings is 5. The lowest BCUT2D eigenvalue weighted by Gasteiger charge is -2.10. The summed E-state index contributed by atoms with van der Waals surface area (Å²) < 4.78 is 4.47. The molecule has 0 aliphatic rings. The van der Waals surface area contributed by atoms with E-state index in [0.717, 1.165) is 66.2 Å². The molecule has 0 unspecified atom stereocenters. The van der Waals surface area contributed by atoms with E-state index in [-0.39, 0.29) is 5.43 Å². The fraction of sp³-hybridized carbons (Fsp3) is 0. The Morgan fingerprint density at radius 1 is 0.556 bits per heavy atom. The molecule has 3 aromatic heterocycles. The Kier molecular flexibility index (Phi) is 3.78. The maximum absolute atomic E-state index is 13.3. The molecule has 0 spiro atoms. The number of para-hydroxylation sites is 5. The van der Waals surface area contributed by atoms with Crippen LogP contribution in [0.3, 0.4) is 0 Å². The minimum absolute atomic E-state index is 0.0811. The summed E-state index contributed by atoms with van der Waals surface area (Å²) in [5.74, 6) is 0.891. The van der Waals surface area contributed by atoms with Crippen molar-refractivity contribution in [1.29, 1.82) is 0 Å². The highest BCUT2D eigenvalue weighted by molar-refractivity contribution is 6.17. The van der Waals surface area contributed by atoms with Crippen LogP contribution in [-0.4, -0.2) is 14.0 Å². The molecule has 0 bridgehead atoms. The van der Waals surface area contributed by atoms with Gasteiger partial charge in [0, 0.05) is 32.8 Å². The van der Waals surface area contributed by atoms with Gasteiger partial charge in [0.1, 0.15) is 5.82 Å². The van der Waals surface area contributed by atoms with E-state index in [1.54, 1.807) is 0 Å². The molecule has 0 N–H and O–H groups in total. The van der Waals surface area contributed by atoms with Crippen molar-refractivity contribution in [1.82, 2.24) is 14.0 Å². The Morgan fingerprint density at radius 2 is 1.28 bits per heavy atom. The van der Waals surface area contributed by atoms with E-state index >= 15 is 0 Å². The monoisotopic (exact) mass is 461 g/mol. The molecule has 0 radical (unpaired) electrons. The van der Waals surface area contributed by atoms with Crippen molar-refractivity contribution in [2.45, 2.75) is 0 Å². The molecule has 4 nitrogen and oxygen atoms in total.